The van der Waals surface area contributed by atoms with E-state index < -0.39 is 0 Å². The van der Waals surface area contributed by atoms with Gasteiger partial charge in [-0.05, 0) is 12.5 Å². The average molecular weight is 134 g/mol. The molecule has 4 heteroatoms. The minimum absolute atomic E-state index is 0.644. The van der Waals surface area contributed by atoms with E-state index in [1.54, 1.807) is 10.7 Å². The smallest absolute Gasteiger partial charge is 0.219 e. The summed E-state index contributed by atoms with van der Waals surface area (Å²) in [5.74, 6) is 0.644. The van der Waals surface area contributed by atoms with Crippen molar-refractivity contribution in [1.29, 1.82) is 0 Å². The second-order valence-corrected chi connectivity index (χ2v) is 2.14. The fourth-order valence-corrected chi connectivity index (χ4v) is 0.813. The van der Waals surface area contributed by atoms with Gasteiger partial charge in [-0.3, -0.25) is 0 Å². The van der Waals surface area contributed by atoms with E-state index >= 15 is 0 Å². The van der Waals surface area contributed by atoms with E-state index in [-0.39, 0.29) is 0 Å². The molecule has 0 amide bonds. The Labute approximate surface area is 57.5 Å². The summed E-state index contributed by atoms with van der Waals surface area (Å²) in [7, 11) is 0. The van der Waals surface area contributed by atoms with Crippen molar-refractivity contribution in [2.75, 3.05) is 0 Å². The maximum atomic E-state index is 4.03. The summed E-state index contributed by atoms with van der Waals surface area (Å²) in [5, 5.41) is 3.92. The molecule has 4 nitrogen and oxygen atoms in total. The van der Waals surface area contributed by atoms with Crippen molar-refractivity contribution >= 4 is 5.78 Å². The third-order valence-electron chi connectivity index (χ3n) is 1.26. The third-order valence-corrected chi connectivity index (χ3v) is 1.26. The topological polar surface area (TPSA) is 43.1 Å². The van der Waals surface area contributed by atoms with E-state index in [4.69, 9.17) is 0 Å². The summed E-state index contributed by atoms with van der Waals surface area (Å²) in [6.45, 7) is 1.97. The molecule has 0 bridgehead atoms. The van der Waals surface area contributed by atoms with Crippen LogP contribution in [0.4, 0.5) is 0 Å². The Morgan fingerprint density at radius 2 is 2.30 bits per heavy atom. The molecule has 0 radical (unpaired) electrons. The van der Waals surface area contributed by atoms with Gasteiger partial charge in [0.15, 0.2) is 0 Å². The minimum atomic E-state index is 0.644. The third kappa shape index (κ3) is 0.655. The van der Waals surface area contributed by atoms with Gasteiger partial charge < -0.3 is 0 Å². The number of fused-ring (bicyclic) bond motifs is 1. The molecule has 2 aromatic rings. The Kier molecular flexibility index (Phi) is 0.943. The van der Waals surface area contributed by atoms with Gasteiger partial charge in [-0.15, -0.1) is 0 Å². The Hall–Kier alpha value is -1.45. The van der Waals surface area contributed by atoms with Crippen LogP contribution < -0.4 is 0 Å². The highest BCUT2D eigenvalue weighted by molar-refractivity contribution is 5.24. The number of hydrogen-bond acceptors (Lipinski definition) is 3. The van der Waals surface area contributed by atoms with Crippen LogP contribution in [0, 0.1) is 6.92 Å². The fraction of sp³-hybridized carbons (Fsp3) is 0.167. The predicted molar refractivity (Wildman–Crippen MR) is 35.5 cm³/mol. The van der Waals surface area contributed by atoms with Gasteiger partial charge in [0.25, 0.3) is 5.78 Å². The lowest BCUT2D eigenvalue weighted by atomic mass is 10.4. The summed E-state index contributed by atoms with van der Waals surface area (Å²) >= 11 is 0. The van der Waals surface area contributed by atoms with Gasteiger partial charge in [0.2, 0.25) is 0 Å². The molecule has 0 unspecified atom stereocenters. The molecule has 2 heterocycles. The lowest BCUT2D eigenvalue weighted by Crippen LogP contribution is -1.90. The summed E-state index contributed by atoms with van der Waals surface area (Å²) < 4.78 is 1.65. The van der Waals surface area contributed by atoms with Gasteiger partial charge >= 0.3 is 0 Å². The molecule has 0 atom stereocenters. The summed E-state index contributed by atoms with van der Waals surface area (Å²) in [6.07, 6.45) is 5.14. The monoisotopic (exact) mass is 134 g/mol. The summed E-state index contributed by atoms with van der Waals surface area (Å²) in [4.78, 5) is 7.93. The molecule has 0 aliphatic carbocycles. The van der Waals surface area contributed by atoms with Crippen molar-refractivity contribution in [3.63, 3.8) is 0 Å². The highest BCUT2D eigenvalue weighted by Crippen LogP contribution is 1.95. The van der Waals surface area contributed by atoms with Crippen molar-refractivity contribution < 1.29 is 0 Å². The molecule has 10 heavy (non-hydrogen) atoms. The number of nitrogens with zero attached hydrogens (tertiary/aromatic N) is 4. The van der Waals surface area contributed by atoms with Crippen LogP contribution in [0.3, 0.4) is 0 Å². The predicted octanol–water partition coefficient (Wildman–Crippen LogP) is 0.433. The van der Waals surface area contributed by atoms with Gasteiger partial charge in [-0.1, -0.05) is 0 Å². The molecular formula is C6H6N4. The zero-order valence-corrected chi connectivity index (χ0v) is 5.52. The summed E-state index contributed by atoms with van der Waals surface area (Å²) in [6, 6.07) is 0. The second-order valence-electron chi connectivity index (χ2n) is 2.14. The molecule has 2 rings (SSSR count). The molecule has 0 fully saturated rings. The van der Waals surface area contributed by atoms with Gasteiger partial charge in [0.1, 0.15) is 6.33 Å². The van der Waals surface area contributed by atoms with Crippen LogP contribution in [0.15, 0.2) is 18.7 Å². The van der Waals surface area contributed by atoms with Crippen LogP contribution in [0.2, 0.25) is 0 Å². The Bertz CT molecular complexity index is 351. The molecule has 0 aliphatic rings. The average Bonchev–Trinajstić information content (AvgIpc) is 2.33. The van der Waals surface area contributed by atoms with Crippen molar-refractivity contribution in [2.45, 2.75) is 6.92 Å². The first-order valence-corrected chi connectivity index (χ1v) is 2.98. The van der Waals surface area contributed by atoms with Crippen LogP contribution >= 0.6 is 0 Å². The van der Waals surface area contributed by atoms with Crippen LogP contribution in [-0.4, -0.2) is 19.6 Å². The van der Waals surface area contributed by atoms with Crippen molar-refractivity contribution in [2.24, 2.45) is 0 Å². The fourth-order valence-electron chi connectivity index (χ4n) is 0.813. The van der Waals surface area contributed by atoms with Crippen LogP contribution in [-0.2, 0) is 0 Å². The van der Waals surface area contributed by atoms with E-state index in [0.29, 0.717) is 5.78 Å². The maximum absolute atomic E-state index is 4.03. The highest BCUT2D eigenvalue weighted by Gasteiger charge is 1.92. The lowest BCUT2D eigenvalue weighted by molar-refractivity contribution is 0.927. The molecule has 0 saturated carbocycles. The van der Waals surface area contributed by atoms with Crippen molar-refractivity contribution in [1.82, 2.24) is 19.6 Å². The first-order valence-electron chi connectivity index (χ1n) is 2.98. The van der Waals surface area contributed by atoms with Gasteiger partial charge in [-0.25, -0.2) is 9.50 Å². The van der Waals surface area contributed by atoms with Crippen molar-refractivity contribution in [3.05, 3.63) is 24.3 Å². The highest BCUT2D eigenvalue weighted by atomic mass is 15.3. The molecular weight excluding hydrogens is 128 g/mol. The standard InChI is InChI=1S/C6H6N4/c1-5-2-7-6-8-4-9-10(6)3-5/h2-4H,1H3. The molecule has 2 aromatic heterocycles. The van der Waals surface area contributed by atoms with Gasteiger partial charge in [0.05, 0.1) is 0 Å². The number of aryl methyl sites for hydroxylation is 1. The van der Waals surface area contributed by atoms with Crippen LogP contribution in [0.25, 0.3) is 5.78 Å². The first kappa shape index (κ1) is 5.34. The van der Waals surface area contributed by atoms with E-state index in [1.807, 2.05) is 13.1 Å². The normalized spacial score (nSPS) is 10.5. The van der Waals surface area contributed by atoms with E-state index in [2.05, 4.69) is 15.1 Å². The van der Waals surface area contributed by atoms with Crippen LogP contribution in [0.1, 0.15) is 5.56 Å². The number of hydrogen-bond donors (Lipinski definition) is 0. The molecule has 0 spiro atoms. The molecule has 50 valence electrons. The van der Waals surface area contributed by atoms with E-state index in [1.165, 1.54) is 6.33 Å². The Morgan fingerprint density at radius 1 is 1.40 bits per heavy atom. The SMILES string of the molecule is Cc1cnc2ncnn2c1. The zero-order chi connectivity index (χ0) is 6.97. The molecule has 0 aromatic carbocycles. The Balaban J connectivity index is 2.86. The first-order chi connectivity index (χ1) is 4.86. The van der Waals surface area contributed by atoms with E-state index in [0.717, 1.165) is 5.56 Å². The van der Waals surface area contributed by atoms with Gasteiger partial charge in [-0.2, -0.15) is 10.1 Å². The summed E-state index contributed by atoms with van der Waals surface area (Å²) in [5.41, 5.74) is 1.08. The van der Waals surface area contributed by atoms with E-state index in [9.17, 15) is 0 Å². The van der Waals surface area contributed by atoms with Crippen molar-refractivity contribution in [3.8, 4) is 0 Å². The maximum Gasteiger partial charge on any atom is 0.252 e. The van der Waals surface area contributed by atoms with Crippen LogP contribution in [0.5, 0.6) is 0 Å². The molecule has 0 aliphatic heterocycles. The second kappa shape index (κ2) is 1.76. The molecule has 0 N–H and O–H groups in total. The quantitative estimate of drug-likeness (QED) is 0.524. The Morgan fingerprint density at radius 3 is 3.20 bits per heavy atom. The minimum Gasteiger partial charge on any atom is -0.219 e. The molecule has 0 saturated heterocycles. The number of aromatic nitrogens is 4. The largest absolute Gasteiger partial charge is 0.252 e. The van der Waals surface area contributed by atoms with Gasteiger partial charge in [0, 0.05) is 12.4 Å². The number of rotatable bonds is 0. The zero-order valence-electron chi connectivity index (χ0n) is 5.52. The lowest BCUT2D eigenvalue weighted by Gasteiger charge is -1.90.